The number of rotatable bonds is 12. The summed E-state index contributed by atoms with van der Waals surface area (Å²) >= 11 is 0. The molecular weight excluding hydrogens is 681 g/mol. The lowest BCUT2D eigenvalue weighted by atomic mass is 9.65. The number of carbonyl (C=O) groups excluding carboxylic acids is 2. The topological polar surface area (TPSA) is 177 Å². The lowest BCUT2D eigenvalue weighted by Gasteiger charge is -2.40. The predicted molar refractivity (Wildman–Crippen MR) is 180 cm³/mol. The Morgan fingerprint density at radius 2 is 1.71 bits per heavy atom. The molecule has 4 aromatic rings. The van der Waals surface area contributed by atoms with Crippen LogP contribution in [-0.2, 0) is 32.0 Å². The molecular formula is C37H36FN3O11. The van der Waals surface area contributed by atoms with Crippen molar-refractivity contribution in [3.63, 3.8) is 0 Å². The maximum atomic E-state index is 13.9. The number of nitrogens with zero attached hydrogens (tertiary/aromatic N) is 1. The van der Waals surface area contributed by atoms with Crippen molar-refractivity contribution >= 4 is 11.9 Å². The smallest absolute Gasteiger partial charge is 0.328 e. The number of halogens is 1. The molecule has 0 spiro atoms. The molecule has 52 heavy (non-hydrogen) atoms. The molecule has 0 radical (unpaired) electrons. The number of phenolic OH excluding ortho intramolecular Hbond substituents is 1. The lowest BCUT2D eigenvalue weighted by Crippen LogP contribution is -2.48. The molecule has 7 rings (SSSR count). The van der Waals surface area contributed by atoms with Crippen molar-refractivity contribution in [1.82, 2.24) is 14.9 Å². The number of H-pyrrole nitrogens is 1. The maximum Gasteiger partial charge on any atom is 0.328 e. The molecule has 5 atom stereocenters. The zero-order valence-electron chi connectivity index (χ0n) is 28.3. The molecule has 15 heteroatoms. The second-order valence-corrected chi connectivity index (χ2v) is 12.7. The van der Waals surface area contributed by atoms with E-state index in [4.69, 9.17) is 28.4 Å². The first-order valence-corrected chi connectivity index (χ1v) is 16.7. The minimum Gasteiger partial charge on any atom is -0.502 e. The third-order valence-corrected chi connectivity index (χ3v) is 9.75. The molecule has 2 aliphatic heterocycles. The molecule has 272 valence electrons. The van der Waals surface area contributed by atoms with Crippen LogP contribution in [0.4, 0.5) is 4.39 Å². The second-order valence-electron chi connectivity index (χ2n) is 12.7. The van der Waals surface area contributed by atoms with E-state index in [0.29, 0.717) is 17.1 Å². The summed E-state index contributed by atoms with van der Waals surface area (Å²) < 4.78 is 48.6. The molecule has 3 N–H and O–H groups in total. The van der Waals surface area contributed by atoms with Gasteiger partial charge in [-0.1, -0.05) is 30.3 Å². The SMILES string of the molecule is COc1cc([C@@H]2c3cc4c(cc3[C@@H](NC(Cc3ccccc3)C(=O)OCCCn3cc(F)c(=O)[nH]c3=O)[C@H]3COC(=O)[C@H]23)OCO4)cc(OC)c1O. The predicted octanol–water partition coefficient (Wildman–Crippen LogP) is 2.94. The van der Waals surface area contributed by atoms with Crippen molar-refractivity contribution in [1.29, 1.82) is 0 Å². The minimum absolute atomic E-state index is 0.00278. The molecule has 1 fully saturated rings. The van der Waals surface area contributed by atoms with Crippen LogP contribution in [0.1, 0.15) is 40.6 Å². The van der Waals surface area contributed by atoms with Crippen LogP contribution in [0.5, 0.6) is 28.7 Å². The number of aryl methyl sites for hydroxylation is 1. The largest absolute Gasteiger partial charge is 0.502 e. The van der Waals surface area contributed by atoms with E-state index < -0.39 is 58.8 Å². The third kappa shape index (κ3) is 6.54. The Balaban J connectivity index is 1.23. The average molecular weight is 718 g/mol. The summed E-state index contributed by atoms with van der Waals surface area (Å²) in [5, 5.41) is 14.2. The van der Waals surface area contributed by atoms with Gasteiger partial charge in [0.15, 0.2) is 23.0 Å². The molecule has 3 aromatic carbocycles. The highest BCUT2D eigenvalue weighted by Gasteiger charge is 2.53. The first-order valence-electron chi connectivity index (χ1n) is 16.7. The van der Waals surface area contributed by atoms with Crippen LogP contribution < -0.4 is 35.5 Å². The molecule has 1 aliphatic carbocycles. The van der Waals surface area contributed by atoms with Gasteiger partial charge in [0.05, 0.1) is 39.5 Å². The highest BCUT2D eigenvalue weighted by Crippen LogP contribution is 2.55. The van der Waals surface area contributed by atoms with Crippen LogP contribution in [0.15, 0.2) is 70.4 Å². The fraction of sp³-hybridized carbons (Fsp3) is 0.351. The average Bonchev–Trinajstić information content (AvgIpc) is 3.77. The van der Waals surface area contributed by atoms with E-state index in [1.807, 2.05) is 47.4 Å². The number of ether oxygens (including phenoxy) is 6. The van der Waals surface area contributed by atoms with Crippen LogP contribution in [0.25, 0.3) is 0 Å². The standard InChI is InChI=1S/C37H36FN3O11/c1-47-28-12-20(13-29(48-2)33(28)42)30-21-14-26-27(52-18-51-26)15-22(21)32(23-17-50-36(45)31(23)30)39-25(11-19-7-4-3-5-8-19)35(44)49-10-6-9-41-16-24(38)34(43)40-37(41)46/h3-5,7-8,12-16,23,25,30-32,39,42H,6,9-11,17-18H2,1-2H3,(H,40,43,46)/t23-,25?,30+,31-,32+/m0/s1. The van der Waals surface area contributed by atoms with Gasteiger partial charge in [-0.25, -0.2) is 4.79 Å². The third-order valence-electron chi connectivity index (χ3n) is 9.75. The molecule has 3 heterocycles. The molecule has 0 amide bonds. The number of phenols is 1. The van der Waals surface area contributed by atoms with E-state index in [1.54, 1.807) is 12.1 Å². The van der Waals surface area contributed by atoms with Gasteiger partial charge < -0.3 is 33.5 Å². The Morgan fingerprint density at radius 3 is 2.40 bits per heavy atom. The van der Waals surface area contributed by atoms with Gasteiger partial charge in [0, 0.05) is 24.4 Å². The number of aromatic hydroxyl groups is 1. The molecule has 1 aromatic heterocycles. The van der Waals surface area contributed by atoms with Crippen molar-refractivity contribution < 1.29 is 47.5 Å². The quantitative estimate of drug-likeness (QED) is 0.145. The summed E-state index contributed by atoms with van der Waals surface area (Å²) in [5.74, 6) is -2.70. The number of hydrogen-bond donors (Lipinski definition) is 3. The first-order chi connectivity index (χ1) is 25.2. The number of nitrogens with one attached hydrogen (secondary N) is 2. The number of carbonyl (C=O) groups is 2. The van der Waals surface area contributed by atoms with E-state index >= 15 is 0 Å². The van der Waals surface area contributed by atoms with Crippen molar-refractivity contribution in [3.8, 4) is 28.7 Å². The number of esters is 2. The number of benzene rings is 3. The van der Waals surface area contributed by atoms with E-state index in [-0.39, 0.29) is 56.6 Å². The summed E-state index contributed by atoms with van der Waals surface area (Å²) in [6.07, 6.45) is 1.22. The Hall–Kier alpha value is -5.83. The van der Waals surface area contributed by atoms with Gasteiger partial charge in [-0.3, -0.25) is 29.3 Å². The number of aromatic nitrogens is 2. The van der Waals surface area contributed by atoms with Gasteiger partial charge in [-0.05, 0) is 59.4 Å². The minimum atomic E-state index is -1.11. The summed E-state index contributed by atoms with van der Waals surface area (Å²) in [6.45, 7) is -0.0244. The van der Waals surface area contributed by atoms with E-state index in [2.05, 4.69) is 5.32 Å². The molecule has 3 aliphatic rings. The summed E-state index contributed by atoms with van der Waals surface area (Å²) in [5.41, 5.74) is 1.09. The van der Waals surface area contributed by atoms with E-state index in [0.717, 1.165) is 27.5 Å². The zero-order valence-corrected chi connectivity index (χ0v) is 28.3. The van der Waals surface area contributed by atoms with Crippen molar-refractivity contribution in [3.05, 3.63) is 110 Å². The zero-order chi connectivity index (χ0) is 36.5. The van der Waals surface area contributed by atoms with Gasteiger partial charge in [0.1, 0.15) is 6.04 Å². The van der Waals surface area contributed by atoms with Crippen LogP contribution in [0.3, 0.4) is 0 Å². The highest BCUT2D eigenvalue weighted by molar-refractivity contribution is 5.80. The van der Waals surface area contributed by atoms with E-state index in [1.165, 1.54) is 14.2 Å². The van der Waals surface area contributed by atoms with Gasteiger partial charge in [-0.2, -0.15) is 4.39 Å². The van der Waals surface area contributed by atoms with Gasteiger partial charge in [-0.15, -0.1) is 0 Å². The number of methoxy groups -OCH3 is 2. The van der Waals surface area contributed by atoms with Crippen molar-refractivity contribution in [2.75, 3.05) is 34.2 Å². The second kappa shape index (κ2) is 14.4. The molecule has 1 saturated heterocycles. The molecule has 0 bridgehead atoms. The summed E-state index contributed by atoms with van der Waals surface area (Å²) in [4.78, 5) is 52.9. The fourth-order valence-corrected chi connectivity index (χ4v) is 7.30. The first kappa shape index (κ1) is 34.6. The van der Waals surface area contributed by atoms with Crippen LogP contribution >= 0.6 is 0 Å². The number of hydrogen-bond acceptors (Lipinski definition) is 12. The Kier molecular flexibility index (Phi) is 9.60. The van der Waals surface area contributed by atoms with E-state index in [9.17, 15) is 28.7 Å². The van der Waals surface area contributed by atoms with Gasteiger partial charge in [0.2, 0.25) is 18.4 Å². The van der Waals surface area contributed by atoms with Crippen LogP contribution in [0, 0.1) is 17.7 Å². The maximum absolute atomic E-state index is 13.9. The lowest BCUT2D eigenvalue weighted by molar-refractivity contribution is -0.146. The van der Waals surface area contributed by atoms with Crippen molar-refractivity contribution in [2.45, 2.75) is 37.4 Å². The highest BCUT2D eigenvalue weighted by atomic mass is 19.1. The van der Waals surface area contributed by atoms with Crippen molar-refractivity contribution in [2.24, 2.45) is 11.8 Å². The molecule has 14 nitrogen and oxygen atoms in total. The van der Waals surface area contributed by atoms with Gasteiger partial charge >= 0.3 is 17.6 Å². The van der Waals surface area contributed by atoms with Crippen LogP contribution in [0.2, 0.25) is 0 Å². The number of cyclic esters (lactones) is 1. The fourth-order valence-electron chi connectivity index (χ4n) is 7.30. The molecule has 1 unspecified atom stereocenters. The summed E-state index contributed by atoms with van der Waals surface area (Å²) in [7, 11) is 2.85. The Bertz CT molecular complexity index is 2090. The Morgan fingerprint density at radius 1 is 1.02 bits per heavy atom. The number of aromatic amines is 1. The molecule has 0 saturated carbocycles. The Labute approximate surface area is 296 Å². The monoisotopic (exact) mass is 717 g/mol. The number of fused-ring (bicyclic) bond motifs is 3. The van der Waals surface area contributed by atoms with Gasteiger partial charge in [0.25, 0.3) is 5.56 Å². The van der Waals surface area contributed by atoms with Crippen LogP contribution in [-0.4, -0.2) is 66.9 Å². The summed E-state index contributed by atoms with van der Waals surface area (Å²) in [6, 6.07) is 14.9. The normalized spacial score (nSPS) is 20.4.